The van der Waals surface area contributed by atoms with Gasteiger partial charge in [0.1, 0.15) is 24.0 Å². The summed E-state index contributed by atoms with van der Waals surface area (Å²) >= 11 is 13.6. The van der Waals surface area contributed by atoms with E-state index in [1.54, 1.807) is 18.2 Å². The standard InChI is InChI=1S/C23H24Cl2N4O6S2/c1-34-18-5-3-13(24)7-15(18)20(30)16-8-19(36-22(16)25)21(31)17-9-27-11-28-23(17)29-14-4-2-12(6-14)10-35-37(26,32)33/h3,5,7-9,11-12,14,20,30H,2,4,6,10H2,1H3,(H2,26,32,33)(H,27,28,29)/t12-,14+,20?/m1/s1. The number of anilines is 1. The largest absolute Gasteiger partial charge is 0.496 e. The summed E-state index contributed by atoms with van der Waals surface area (Å²) in [7, 11) is -2.52. The molecule has 1 unspecified atom stereocenters. The Morgan fingerprint density at radius 2 is 2.08 bits per heavy atom. The molecule has 1 aliphatic rings. The Morgan fingerprint density at radius 3 is 2.81 bits per heavy atom. The molecule has 0 radical (unpaired) electrons. The fourth-order valence-electron chi connectivity index (χ4n) is 4.25. The van der Waals surface area contributed by atoms with E-state index in [-0.39, 0.29) is 34.2 Å². The number of halogens is 2. The molecule has 4 rings (SSSR count). The molecule has 0 saturated heterocycles. The molecule has 1 aliphatic carbocycles. The number of hydrogen-bond donors (Lipinski definition) is 3. The summed E-state index contributed by atoms with van der Waals surface area (Å²) in [4.78, 5) is 22.0. The Morgan fingerprint density at radius 1 is 1.30 bits per heavy atom. The van der Waals surface area contributed by atoms with E-state index in [2.05, 4.69) is 15.3 Å². The van der Waals surface area contributed by atoms with E-state index in [0.29, 0.717) is 39.0 Å². The summed E-state index contributed by atoms with van der Waals surface area (Å²) in [5.41, 5.74) is 1.00. The number of rotatable bonds is 10. The van der Waals surface area contributed by atoms with Gasteiger partial charge in [-0.1, -0.05) is 23.2 Å². The van der Waals surface area contributed by atoms with E-state index in [0.717, 1.165) is 24.2 Å². The van der Waals surface area contributed by atoms with Crippen LogP contribution in [0.25, 0.3) is 0 Å². The lowest BCUT2D eigenvalue weighted by molar-refractivity contribution is 0.104. The second kappa shape index (κ2) is 11.6. The Balaban J connectivity index is 1.52. The number of methoxy groups -OCH3 is 1. The van der Waals surface area contributed by atoms with Crippen LogP contribution < -0.4 is 15.2 Å². The highest BCUT2D eigenvalue weighted by atomic mass is 35.5. The molecular formula is C23H24Cl2N4O6S2. The minimum absolute atomic E-state index is 0.000411. The second-order valence-corrected chi connectivity index (χ2v) is 11.9. The maximum absolute atomic E-state index is 13.4. The summed E-state index contributed by atoms with van der Waals surface area (Å²) in [5.74, 6) is 0.416. The highest BCUT2D eigenvalue weighted by Crippen LogP contribution is 2.40. The number of carbonyl (C=O) groups excluding carboxylic acids is 1. The number of nitrogens with zero attached hydrogens (tertiary/aromatic N) is 2. The first kappa shape index (κ1) is 27.7. The molecule has 14 heteroatoms. The molecule has 10 nitrogen and oxygen atoms in total. The fourth-order valence-corrected chi connectivity index (χ4v) is 6.09. The summed E-state index contributed by atoms with van der Waals surface area (Å²) in [6, 6.07) is 6.35. The molecule has 0 amide bonds. The molecule has 0 bridgehead atoms. The van der Waals surface area contributed by atoms with Crippen molar-refractivity contribution in [2.24, 2.45) is 11.1 Å². The van der Waals surface area contributed by atoms with Gasteiger partial charge in [-0.15, -0.1) is 11.3 Å². The molecule has 1 saturated carbocycles. The third kappa shape index (κ3) is 6.77. The van der Waals surface area contributed by atoms with Crippen molar-refractivity contribution in [1.82, 2.24) is 9.97 Å². The van der Waals surface area contributed by atoms with Crippen LogP contribution in [-0.4, -0.2) is 49.0 Å². The molecule has 3 aromatic rings. The summed E-state index contributed by atoms with van der Waals surface area (Å²) < 4.78 is 32.4. The molecule has 1 aromatic carbocycles. The molecule has 37 heavy (non-hydrogen) atoms. The van der Waals surface area contributed by atoms with Gasteiger partial charge in [-0.3, -0.25) is 8.98 Å². The van der Waals surface area contributed by atoms with Gasteiger partial charge >= 0.3 is 10.3 Å². The molecule has 3 atom stereocenters. The van der Waals surface area contributed by atoms with Crippen molar-refractivity contribution in [1.29, 1.82) is 0 Å². The highest BCUT2D eigenvalue weighted by Gasteiger charge is 2.29. The topological polar surface area (TPSA) is 154 Å². The maximum Gasteiger partial charge on any atom is 0.333 e. The number of hydrogen-bond acceptors (Lipinski definition) is 10. The number of ketones is 1. The van der Waals surface area contributed by atoms with Crippen molar-refractivity contribution in [2.45, 2.75) is 31.4 Å². The number of nitrogens with two attached hydrogens (primary N) is 1. The minimum atomic E-state index is -3.99. The predicted molar refractivity (Wildman–Crippen MR) is 141 cm³/mol. The normalized spacial score (nSPS) is 18.5. The van der Waals surface area contributed by atoms with Crippen LogP contribution in [0.15, 0.2) is 36.8 Å². The second-order valence-electron chi connectivity index (χ2n) is 8.54. The first-order valence-electron chi connectivity index (χ1n) is 11.1. The van der Waals surface area contributed by atoms with Gasteiger partial charge in [-0.2, -0.15) is 8.42 Å². The number of nitrogens with one attached hydrogen (secondary N) is 1. The Kier molecular flexibility index (Phi) is 8.69. The molecule has 2 heterocycles. The molecular weight excluding hydrogens is 563 g/mol. The van der Waals surface area contributed by atoms with E-state index in [9.17, 15) is 18.3 Å². The Labute approximate surface area is 228 Å². The van der Waals surface area contributed by atoms with Gasteiger partial charge in [0.15, 0.2) is 0 Å². The first-order chi connectivity index (χ1) is 17.6. The summed E-state index contributed by atoms with van der Waals surface area (Å²) in [5, 5.41) is 19.6. The maximum atomic E-state index is 13.4. The van der Waals surface area contributed by atoms with Crippen molar-refractivity contribution < 1.29 is 27.2 Å². The zero-order chi connectivity index (χ0) is 26.7. The highest BCUT2D eigenvalue weighted by molar-refractivity contribution is 7.84. The number of aromatic nitrogens is 2. The van der Waals surface area contributed by atoms with E-state index < -0.39 is 16.4 Å². The smallest absolute Gasteiger partial charge is 0.333 e. The van der Waals surface area contributed by atoms with Gasteiger partial charge in [0.05, 0.1) is 28.5 Å². The van der Waals surface area contributed by atoms with Gasteiger partial charge in [0, 0.05) is 28.4 Å². The quantitative estimate of drug-likeness (QED) is 0.299. The number of carbonyl (C=O) groups is 1. The number of benzene rings is 1. The van der Waals surface area contributed by atoms with Crippen molar-refractivity contribution in [2.75, 3.05) is 19.0 Å². The summed E-state index contributed by atoms with van der Waals surface area (Å²) in [6.07, 6.45) is 3.67. The zero-order valence-corrected chi connectivity index (χ0v) is 22.7. The first-order valence-corrected chi connectivity index (χ1v) is 14.2. The molecule has 2 aromatic heterocycles. The number of aliphatic hydroxyl groups excluding tert-OH is 1. The van der Waals surface area contributed by atoms with Crippen LogP contribution in [0.5, 0.6) is 5.75 Å². The van der Waals surface area contributed by atoms with Crippen LogP contribution in [-0.2, 0) is 14.5 Å². The van der Waals surface area contributed by atoms with E-state index in [4.69, 9.17) is 37.3 Å². The molecule has 1 fully saturated rings. The third-order valence-electron chi connectivity index (χ3n) is 6.02. The van der Waals surface area contributed by atoms with Crippen molar-refractivity contribution >= 4 is 56.4 Å². The lowest BCUT2D eigenvalue weighted by atomic mass is 10.0. The Hall–Kier alpha value is -2.32. The zero-order valence-electron chi connectivity index (χ0n) is 19.6. The van der Waals surface area contributed by atoms with Gasteiger partial charge in [-0.05, 0) is 49.4 Å². The molecule has 0 spiro atoms. The lowest BCUT2D eigenvalue weighted by Gasteiger charge is -2.16. The van der Waals surface area contributed by atoms with Crippen LogP contribution in [0.3, 0.4) is 0 Å². The van der Waals surface area contributed by atoms with E-state index in [1.165, 1.54) is 25.7 Å². The minimum Gasteiger partial charge on any atom is -0.496 e. The van der Waals surface area contributed by atoms with Crippen LogP contribution in [0.2, 0.25) is 9.36 Å². The predicted octanol–water partition coefficient (Wildman–Crippen LogP) is 3.97. The van der Waals surface area contributed by atoms with Crippen molar-refractivity contribution in [3.05, 3.63) is 67.7 Å². The SMILES string of the molecule is COc1ccc(Cl)cc1C(O)c1cc(C(=O)c2cncnc2N[C@H]2CC[C@@H](COS(N)(=O)=O)C2)sc1Cl. The van der Waals surface area contributed by atoms with Crippen LogP contribution in [0.4, 0.5) is 5.82 Å². The molecule has 0 aliphatic heterocycles. The van der Waals surface area contributed by atoms with Crippen molar-refractivity contribution in [3.8, 4) is 5.75 Å². The lowest BCUT2D eigenvalue weighted by Crippen LogP contribution is -2.22. The van der Waals surface area contributed by atoms with Gasteiger partial charge in [0.25, 0.3) is 0 Å². The van der Waals surface area contributed by atoms with E-state index >= 15 is 0 Å². The number of ether oxygens (including phenoxy) is 1. The van der Waals surface area contributed by atoms with E-state index in [1.807, 2.05) is 0 Å². The number of thiophene rings is 1. The Bertz CT molecular complexity index is 1400. The average Bonchev–Trinajstić information content (AvgIpc) is 3.48. The average molecular weight is 588 g/mol. The van der Waals surface area contributed by atoms with Crippen LogP contribution >= 0.6 is 34.5 Å². The fraction of sp³-hybridized carbons (Fsp3) is 0.348. The van der Waals surface area contributed by atoms with Gasteiger partial charge < -0.3 is 15.2 Å². The van der Waals surface area contributed by atoms with Crippen molar-refractivity contribution in [3.63, 3.8) is 0 Å². The number of aliphatic hydroxyl groups is 1. The van der Waals surface area contributed by atoms with Crippen LogP contribution in [0, 0.1) is 5.92 Å². The summed E-state index contributed by atoms with van der Waals surface area (Å²) in [6.45, 7) is 0.00276. The molecule has 198 valence electrons. The monoisotopic (exact) mass is 586 g/mol. The van der Waals surface area contributed by atoms with Crippen LogP contribution in [0.1, 0.15) is 51.7 Å². The van der Waals surface area contributed by atoms with Gasteiger partial charge in [0.2, 0.25) is 5.78 Å². The molecule has 4 N–H and O–H groups in total. The van der Waals surface area contributed by atoms with Gasteiger partial charge in [-0.25, -0.2) is 15.1 Å². The third-order valence-corrected chi connectivity index (χ3v) is 8.11.